The number of ether oxygens (including phenoxy) is 1. The largest absolute Gasteiger partial charge is 0.454 e. The van der Waals surface area contributed by atoms with Crippen molar-refractivity contribution in [3.8, 4) is 11.5 Å². The highest BCUT2D eigenvalue weighted by Gasteiger charge is 2.10. The van der Waals surface area contributed by atoms with E-state index >= 15 is 0 Å². The molecule has 0 aromatic heterocycles. The molecule has 4 heteroatoms. The molecule has 0 radical (unpaired) electrons. The minimum absolute atomic E-state index is 0.208. The normalized spacial score (nSPS) is 10.5. The summed E-state index contributed by atoms with van der Waals surface area (Å²) in [7, 11) is 1.84. The van der Waals surface area contributed by atoms with Crippen molar-refractivity contribution in [2.24, 2.45) is 0 Å². The zero-order chi connectivity index (χ0) is 13.8. The first-order valence-corrected chi connectivity index (χ1v) is 6.35. The van der Waals surface area contributed by atoms with Crippen LogP contribution in [-0.4, -0.2) is 7.05 Å². The van der Waals surface area contributed by atoms with E-state index in [9.17, 15) is 4.39 Å². The van der Waals surface area contributed by atoms with Gasteiger partial charge < -0.3 is 10.1 Å². The molecule has 19 heavy (non-hydrogen) atoms. The molecule has 1 N–H and O–H groups in total. The van der Waals surface area contributed by atoms with Crippen LogP contribution < -0.4 is 10.1 Å². The lowest BCUT2D eigenvalue weighted by molar-refractivity contribution is 0.434. The maximum atomic E-state index is 13.9. The Kier molecular flexibility index (Phi) is 4.40. The Hall–Kier alpha value is -1.58. The Labute approximate surface area is 117 Å². The highest BCUT2D eigenvalue weighted by atomic mass is 35.5. The van der Waals surface area contributed by atoms with Gasteiger partial charge in [0, 0.05) is 17.1 Å². The van der Waals surface area contributed by atoms with Gasteiger partial charge >= 0.3 is 0 Å². The fourth-order valence-electron chi connectivity index (χ4n) is 1.78. The molecule has 2 aromatic carbocycles. The van der Waals surface area contributed by atoms with Crippen LogP contribution in [0, 0.1) is 12.7 Å². The van der Waals surface area contributed by atoms with Gasteiger partial charge in [-0.1, -0.05) is 29.8 Å². The monoisotopic (exact) mass is 279 g/mol. The summed E-state index contributed by atoms with van der Waals surface area (Å²) in [6, 6.07) is 10.4. The number of hydrogen-bond acceptors (Lipinski definition) is 2. The quantitative estimate of drug-likeness (QED) is 0.901. The van der Waals surface area contributed by atoms with Gasteiger partial charge in [-0.3, -0.25) is 0 Å². The molecule has 0 saturated carbocycles. The van der Waals surface area contributed by atoms with Gasteiger partial charge in [-0.25, -0.2) is 4.39 Å². The number of aryl methyl sites for hydroxylation is 1. The Morgan fingerprint density at radius 1 is 1.21 bits per heavy atom. The van der Waals surface area contributed by atoms with Crippen LogP contribution in [0.3, 0.4) is 0 Å². The van der Waals surface area contributed by atoms with Crippen molar-refractivity contribution in [3.63, 3.8) is 0 Å². The summed E-state index contributed by atoms with van der Waals surface area (Å²) >= 11 is 5.96. The third kappa shape index (κ3) is 3.25. The highest BCUT2D eigenvalue weighted by molar-refractivity contribution is 6.30. The molecule has 0 amide bonds. The first kappa shape index (κ1) is 13.8. The molecule has 0 fully saturated rings. The highest BCUT2D eigenvalue weighted by Crippen LogP contribution is 2.30. The summed E-state index contributed by atoms with van der Waals surface area (Å²) in [6.45, 7) is 2.33. The van der Waals surface area contributed by atoms with Gasteiger partial charge in [0.1, 0.15) is 5.75 Å². The van der Waals surface area contributed by atoms with Gasteiger partial charge in [0.15, 0.2) is 11.6 Å². The molecule has 0 aliphatic rings. The van der Waals surface area contributed by atoms with Crippen LogP contribution >= 0.6 is 11.6 Å². The molecule has 0 heterocycles. The molecule has 0 atom stereocenters. The van der Waals surface area contributed by atoms with Crippen LogP contribution in [0.2, 0.25) is 5.02 Å². The van der Waals surface area contributed by atoms with E-state index < -0.39 is 0 Å². The minimum Gasteiger partial charge on any atom is -0.454 e. The molecule has 2 rings (SSSR count). The van der Waals surface area contributed by atoms with Crippen molar-refractivity contribution >= 4 is 11.6 Å². The number of nitrogens with one attached hydrogen (secondary N) is 1. The van der Waals surface area contributed by atoms with Crippen molar-refractivity contribution in [2.75, 3.05) is 7.05 Å². The van der Waals surface area contributed by atoms with Crippen molar-refractivity contribution in [1.82, 2.24) is 5.32 Å². The van der Waals surface area contributed by atoms with Crippen LogP contribution in [0.1, 0.15) is 11.1 Å². The summed E-state index contributed by atoms with van der Waals surface area (Å²) in [6.07, 6.45) is 0. The summed E-state index contributed by atoms with van der Waals surface area (Å²) in [5.74, 6) is 0.420. The third-order valence-corrected chi connectivity index (χ3v) is 3.01. The van der Waals surface area contributed by atoms with E-state index in [0.29, 0.717) is 22.9 Å². The van der Waals surface area contributed by atoms with Gasteiger partial charge in [0.2, 0.25) is 0 Å². The fraction of sp³-hybridized carbons (Fsp3) is 0.200. The number of rotatable bonds is 4. The van der Waals surface area contributed by atoms with E-state index in [1.165, 1.54) is 0 Å². The predicted octanol–water partition coefficient (Wildman–Crippen LogP) is 4.30. The van der Waals surface area contributed by atoms with Crippen molar-refractivity contribution in [1.29, 1.82) is 0 Å². The van der Waals surface area contributed by atoms with Gasteiger partial charge in [0.05, 0.1) is 0 Å². The van der Waals surface area contributed by atoms with E-state index in [4.69, 9.17) is 16.3 Å². The lowest BCUT2D eigenvalue weighted by Gasteiger charge is -2.12. The van der Waals surface area contributed by atoms with Crippen molar-refractivity contribution in [2.45, 2.75) is 13.5 Å². The van der Waals surface area contributed by atoms with Gasteiger partial charge in [-0.05, 0) is 37.7 Å². The Morgan fingerprint density at radius 3 is 2.74 bits per heavy atom. The zero-order valence-electron chi connectivity index (χ0n) is 10.8. The van der Waals surface area contributed by atoms with E-state index in [2.05, 4.69) is 5.32 Å². The maximum Gasteiger partial charge on any atom is 0.168 e. The van der Waals surface area contributed by atoms with E-state index in [-0.39, 0.29) is 11.6 Å². The number of hydrogen-bond donors (Lipinski definition) is 1. The van der Waals surface area contributed by atoms with E-state index in [1.54, 1.807) is 37.3 Å². The molecular formula is C15H15ClFNO. The lowest BCUT2D eigenvalue weighted by atomic mass is 10.2. The van der Waals surface area contributed by atoms with E-state index in [1.807, 2.05) is 13.1 Å². The first-order valence-electron chi connectivity index (χ1n) is 5.98. The fourth-order valence-corrected chi connectivity index (χ4v) is 1.94. The van der Waals surface area contributed by atoms with Crippen LogP contribution in [0.4, 0.5) is 4.39 Å². The SMILES string of the molecule is CNCc1ccc(Cl)cc1Oc1cccc(C)c1F. The van der Waals surface area contributed by atoms with Gasteiger partial charge in [-0.2, -0.15) is 0 Å². The molecule has 0 aliphatic heterocycles. The van der Waals surface area contributed by atoms with Crippen molar-refractivity contribution < 1.29 is 9.13 Å². The average Bonchev–Trinajstić information content (AvgIpc) is 2.38. The Morgan fingerprint density at radius 2 is 2.00 bits per heavy atom. The Balaban J connectivity index is 2.36. The molecule has 0 saturated heterocycles. The minimum atomic E-state index is -0.349. The predicted molar refractivity (Wildman–Crippen MR) is 75.4 cm³/mol. The van der Waals surface area contributed by atoms with Gasteiger partial charge in [-0.15, -0.1) is 0 Å². The topological polar surface area (TPSA) is 21.3 Å². The summed E-state index contributed by atoms with van der Waals surface area (Å²) < 4.78 is 19.6. The molecule has 0 aliphatic carbocycles. The van der Waals surface area contributed by atoms with Crippen LogP contribution in [0.5, 0.6) is 11.5 Å². The van der Waals surface area contributed by atoms with E-state index in [0.717, 1.165) is 5.56 Å². The molecular weight excluding hydrogens is 265 g/mol. The van der Waals surface area contributed by atoms with Crippen molar-refractivity contribution in [3.05, 3.63) is 58.4 Å². The molecule has 100 valence electrons. The number of benzene rings is 2. The molecule has 0 unspecified atom stereocenters. The average molecular weight is 280 g/mol. The summed E-state index contributed by atoms with van der Waals surface area (Å²) in [5, 5.41) is 3.60. The molecule has 2 nitrogen and oxygen atoms in total. The first-order chi connectivity index (χ1) is 9.11. The van der Waals surface area contributed by atoms with Gasteiger partial charge in [0.25, 0.3) is 0 Å². The lowest BCUT2D eigenvalue weighted by Crippen LogP contribution is -2.06. The smallest absolute Gasteiger partial charge is 0.168 e. The molecule has 2 aromatic rings. The zero-order valence-corrected chi connectivity index (χ0v) is 11.6. The second kappa shape index (κ2) is 6.04. The molecule has 0 bridgehead atoms. The third-order valence-electron chi connectivity index (χ3n) is 2.77. The second-order valence-corrected chi connectivity index (χ2v) is 4.71. The Bertz CT molecular complexity index is 586. The molecule has 0 spiro atoms. The summed E-state index contributed by atoms with van der Waals surface area (Å²) in [5.41, 5.74) is 1.47. The van der Waals surface area contributed by atoms with Crippen LogP contribution in [0.15, 0.2) is 36.4 Å². The maximum absolute atomic E-state index is 13.9. The number of halogens is 2. The van der Waals surface area contributed by atoms with Crippen LogP contribution in [0.25, 0.3) is 0 Å². The summed E-state index contributed by atoms with van der Waals surface area (Å²) in [4.78, 5) is 0. The van der Waals surface area contributed by atoms with Crippen LogP contribution in [-0.2, 0) is 6.54 Å². The standard InChI is InChI=1S/C15H15ClFNO/c1-10-4-3-5-13(15(10)17)19-14-8-12(16)7-6-11(14)9-18-2/h3-8,18H,9H2,1-2H3. The second-order valence-electron chi connectivity index (χ2n) is 4.27.